The lowest BCUT2D eigenvalue weighted by Gasteiger charge is -2.34. The van der Waals surface area contributed by atoms with Gasteiger partial charge in [0.1, 0.15) is 0 Å². The predicted octanol–water partition coefficient (Wildman–Crippen LogP) is -0.0676. The van der Waals surface area contributed by atoms with Gasteiger partial charge in [0.25, 0.3) is 0 Å². The van der Waals surface area contributed by atoms with Crippen LogP contribution in [0, 0.1) is 5.92 Å². The number of nitrogens with zero attached hydrogens (tertiary/aromatic N) is 1. The average molecular weight is 155 g/mol. The largest absolute Gasteiger partial charge is 0.316 e. The summed E-state index contributed by atoms with van der Waals surface area (Å²) < 4.78 is 0. The average Bonchev–Trinajstić information content (AvgIpc) is 2.33. The summed E-state index contributed by atoms with van der Waals surface area (Å²) in [5.74, 6) is 0.861. The van der Waals surface area contributed by atoms with Gasteiger partial charge in [-0.2, -0.15) is 0 Å². The van der Waals surface area contributed by atoms with Crippen molar-refractivity contribution in [2.45, 2.75) is 31.6 Å². The van der Waals surface area contributed by atoms with Crippen molar-refractivity contribution in [2.24, 2.45) is 11.7 Å². The van der Waals surface area contributed by atoms with Crippen molar-refractivity contribution in [1.29, 1.82) is 0 Å². The molecule has 0 spiro atoms. The molecule has 64 valence electrons. The first-order chi connectivity index (χ1) is 5.27. The summed E-state index contributed by atoms with van der Waals surface area (Å²) in [7, 11) is 2.18. The molecule has 2 heterocycles. The molecule has 2 saturated heterocycles. The highest BCUT2D eigenvalue weighted by Crippen LogP contribution is 2.28. The summed E-state index contributed by atoms with van der Waals surface area (Å²) in [5.41, 5.74) is 5.82. The van der Waals surface area contributed by atoms with Crippen molar-refractivity contribution < 1.29 is 0 Å². The lowest BCUT2D eigenvalue weighted by Crippen LogP contribution is -2.54. The van der Waals surface area contributed by atoms with E-state index in [0.29, 0.717) is 6.17 Å². The second kappa shape index (κ2) is 2.73. The molecule has 2 aliphatic rings. The van der Waals surface area contributed by atoms with E-state index in [-0.39, 0.29) is 6.17 Å². The minimum absolute atomic E-state index is 0.233. The van der Waals surface area contributed by atoms with Crippen LogP contribution in [0.3, 0.4) is 0 Å². The summed E-state index contributed by atoms with van der Waals surface area (Å²) in [5, 5.41) is 3.43. The highest BCUT2D eigenvalue weighted by Gasteiger charge is 2.35. The lowest BCUT2D eigenvalue weighted by molar-refractivity contribution is 0.159. The third-order valence-electron chi connectivity index (χ3n) is 3.01. The maximum absolute atomic E-state index is 5.82. The van der Waals surface area contributed by atoms with E-state index >= 15 is 0 Å². The number of hydrogen-bond acceptors (Lipinski definition) is 3. The summed E-state index contributed by atoms with van der Waals surface area (Å²) in [6.07, 6.45) is 4.61. The lowest BCUT2D eigenvalue weighted by atomic mass is 9.95. The van der Waals surface area contributed by atoms with Gasteiger partial charge in [0.15, 0.2) is 0 Å². The van der Waals surface area contributed by atoms with Crippen LogP contribution in [0.15, 0.2) is 0 Å². The minimum atomic E-state index is 0.233. The Kier molecular flexibility index (Phi) is 1.87. The van der Waals surface area contributed by atoms with Gasteiger partial charge in [-0.3, -0.25) is 10.2 Å². The molecular formula is C8H17N3. The Morgan fingerprint density at radius 1 is 1.36 bits per heavy atom. The van der Waals surface area contributed by atoms with Crippen LogP contribution in [0.4, 0.5) is 0 Å². The molecule has 3 N–H and O–H groups in total. The quantitative estimate of drug-likeness (QED) is 0.514. The molecule has 2 aliphatic heterocycles. The van der Waals surface area contributed by atoms with Gasteiger partial charge in [-0.25, -0.2) is 0 Å². The zero-order chi connectivity index (χ0) is 7.84. The van der Waals surface area contributed by atoms with E-state index in [9.17, 15) is 0 Å². The van der Waals surface area contributed by atoms with E-state index < -0.39 is 0 Å². The van der Waals surface area contributed by atoms with Crippen LogP contribution >= 0.6 is 0 Å². The van der Waals surface area contributed by atoms with E-state index in [2.05, 4.69) is 17.3 Å². The number of fused-ring (bicyclic) bond motifs is 1. The van der Waals surface area contributed by atoms with Crippen LogP contribution in [0.2, 0.25) is 0 Å². The van der Waals surface area contributed by atoms with Crippen LogP contribution < -0.4 is 11.1 Å². The van der Waals surface area contributed by atoms with Gasteiger partial charge in [-0.05, 0) is 38.8 Å². The van der Waals surface area contributed by atoms with Gasteiger partial charge in [-0.15, -0.1) is 0 Å². The fraction of sp³-hybridized carbons (Fsp3) is 1.00. The SMILES string of the molecule is CN1CCC2CCC(N)NC21. The monoisotopic (exact) mass is 155 g/mol. The molecule has 3 unspecified atom stereocenters. The van der Waals surface area contributed by atoms with Crippen LogP contribution in [-0.4, -0.2) is 30.8 Å². The molecule has 11 heavy (non-hydrogen) atoms. The van der Waals surface area contributed by atoms with Crippen molar-refractivity contribution in [3.8, 4) is 0 Å². The molecule has 0 aromatic rings. The first-order valence-corrected chi connectivity index (χ1v) is 4.49. The summed E-state index contributed by atoms with van der Waals surface area (Å²) in [6.45, 7) is 1.23. The smallest absolute Gasteiger partial charge is 0.0635 e. The van der Waals surface area contributed by atoms with E-state index in [1.165, 1.54) is 19.4 Å². The molecule has 0 amide bonds. The highest BCUT2D eigenvalue weighted by molar-refractivity contribution is 4.88. The molecule has 0 aromatic carbocycles. The molecule has 0 aliphatic carbocycles. The minimum Gasteiger partial charge on any atom is -0.316 e. The van der Waals surface area contributed by atoms with Gasteiger partial charge in [-0.1, -0.05) is 0 Å². The normalized spacial score (nSPS) is 45.8. The molecule has 3 heteroatoms. The Labute approximate surface area is 67.9 Å². The summed E-state index contributed by atoms with van der Waals surface area (Å²) in [6, 6.07) is 0. The fourth-order valence-electron chi connectivity index (χ4n) is 2.29. The van der Waals surface area contributed by atoms with E-state index in [1.54, 1.807) is 0 Å². The molecule has 3 nitrogen and oxygen atoms in total. The molecule has 0 bridgehead atoms. The Hall–Kier alpha value is -0.120. The Morgan fingerprint density at radius 2 is 2.18 bits per heavy atom. The molecule has 2 rings (SSSR count). The zero-order valence-corrected chi connectivity index (χ0v) is 7.09. The standard InChI is InChI=1S/C8H17N3/c1-11-5-4-6-2-3-7(9)10-8(6)11/h6-8,10H,2-5,9H2,1H3. The summed E-state index contributed by atoms with van der Waals surface area (Å²) in [4.78, 5) is 2.38. The second-order valence-corrected chi connectivity index (χ2v) is 3.82. The van der Waals surface area contributed by atoms with Crippen molar-refractivity contribution in [2.75, 3.05) is 13.6 Å². The topological polar surface area (TPSA) is 41.3 Å². The third kappa shape index (κ3) is 1.28. The molecule has 2 fully saturated rings. The highest BCUT2D eigenvalue weighted by atomic mass is 15.3. The van der Waals surface area contributed by atoms with E-state index in [0.717, 1.165) is 12.3 Å². The van der Waals surface area contributed by atoms with Gasteiger partial charge in [0.2, 0.25) is 0 Å². The number of hydrogen-bond donors (Lipinski definition) is 2. The number of nitrogens with two attached hydrogens (primary N) is 1. The van der Waals surface area contributed by atoms with Crippen molar-refractivity contribution in [1.82, 2.24) is 10.2 Å². The van der Waals surface area contributed by atoms with Crippen LogP contribution in [0.5, 0.6) is 0 Å². The first kappa shape index (κ1) is 7.53. The number of nitrogens with one attached hydrogen (secondary N) is 1. The zero-order valence-electron chi connectivity index (χ0n) is 7.09. The molecule has 0 saturated carbocycles. The molecule has 3 atom stereocenters. The van der Waals surface area contributed by atoms with Crippen molar-refractivity contribution in [3.05, 3.63) is 0 Å². The predicted molar refractivity (Wildman–Crippen MR) is 44.9 cm³/mol. The first-order valence-electron chi connectivity index (χ1n) is 4.49. The maximum Gasteiger partial charge on any atom is 0.0635 e. The molecular weight excluding hydrogens is 138 g/mol. The van der Waals surface area contributed by atoms with Gasteiger partial charge in [0, 0.05) is 0 Å². The van der Waals surface area contributed by atoms with Crippen molar-refractivity contribution >= 4 is 0 Å². The van der Waals surface area contributed by atoms with Gasteiger partial charge < -0.3 is 5.73 Å². The fourth-order valence-corrected chi connectivity index (χ4v) is 2.29. The second-order valence-electron chi connectivity index (χ2n) is 3.82. The molecule has 0 radical (unpaired) electrons. The number of likely N-dealkylation sites (tertiary alicyclic amines) is 1. The van der Waals surface area contributed by atoms with Gasteiger partial charge >= 0.3 is 0 Å². The molecule has 0 aromatic heterocycles. The van der Waals surface area contributed by atoms with Crippen LogP contribution in [-0.2, 0) is 0 Å². The van der Waals surface area contributed by atoms with E-state index in [4.69, 9.17) is 5.73 Å². The van der Waals surface area contributed by atoms with E-state index in [1.807, 2.05) is 0 Å². The third-order valence-corrected chi connectivity index (χ3v) is 3.01. The number of rotatable bonds is 0. The van der Waals surface area contributed by atoms with Gasteiger partial charge in [0.05, 0.1) is 12.3 Å². The van der Waals surface area contributed by atoms with Crippen molar-refractivity contribution in [3.63, 3.8) is 0 Å². The van der Waals surface area contributed by atoms with Crippen LogP contribution in [0.25, 0.3) is 0 Å². The maximum atomic E-state index is 5.82. The summed E-state index contributed by atoms with van der Waals surface area (Å²) >= 11 is 0. The Bertz CT molecular complexity index is 148. The van der Waals surface area contributed by atoms with Crippen LogP contribution in [0.1, 0.15) is 19.3 Å². The Balaban J connectivity index is 2.01. The Morgan fingerprint density at radius 3 is 3.00 bits per heavy atom. The number of piperidine rings is 1.